The van der Waals surface area contributed by atoms with Crippen molar-refractivity contribution >= 4 is 80.1 Å². The second kappa shape index (κ2) is 12.1. The Hall–Kier alpha value is -6.78. The van der Waals surface area contributed by atoms with Gasteiger partial charge in [-0.05, 0) is 105 Å². The van der Waals surface area contributed by atoms with Gasteiger partial charge in [-0.25, -0.2) is 0 Å². The summed E-state index contributed by atoms with van der Waals surface area (Å²) < 4.78 is 5.25. The van der Waals surface area contributed by atoms with E-state index in [-0.39, 0.29) is 0 Å². The second-order valence-electron chi connectivity index (χ2n) is 15.5. The molecule has 0 fully saturated rings. The monoisotopic (exact) mass is 771 g/mol. The first-order valence-corrected chi connectivity index (χ1v) is 21.6. The number of thiophene rings is 2. The van der Waals surface area contributed by atoms with Crippen LogP contribution in [0.3, 0.4) is 0 Å². The molecule has 11 aromatic rings. The van der Waals surface area contributed by atoms with Gasteiger partial charge in [0.1, 0.15) is 0 Å². The van der Waals surface area contributed by atoms with Crippen molar-refractivity contribution in [1.29, 1.82) is 0 Å². The molecule has 9 aromatic carbocycles. The Morgan fingerprint density at radius 3 is 1.57 bits per heavy atom. The summed E-state index contributed by atoms with van der Waals surface area (Å²) in [6.45, 7) is 0. The molecular weight excluding hydrogens is 739 g/mol. The molecule has 0 radical (unpaired) electrons. The molecule has 2 aliphatic carbocycles. The number of hydrogen-bond acceptors (Lipinski definition) is 3. The number of fused-ring (bicyclic) bond motifs is 16. The fourth-order valence-electron chi connectivity index (χ4n) is 10.4. The molecule has 1 nitrogen and oxygen atoms in total. The second-order valence-corrected chi connectivity index (χ2v) is 17.7. The average Bonchev–Trinajstić information content (AvgIpc) is 4.02. The lowest BCUT2D eigenvalue weighted by molar-refractivity contribution is 0.793. The van der Waals surface area contributed by atoms with Crippen LogP contribution in [0.1, 0.15) is 22.3 Å². The fourth-order valence-corrected chi connectivity index (χ4v) is 12.6. The smallest absolute Gasteiger partial charge is 0.0746 e. The molecule has 3 heteroatoms. The highest BCUT2D eigenvalue weighted by atomic mass is 32.1. The average molecular weight is 772 g/mol. The number of anilines is 3. The lowest BCUT2D eigenvalue weighted by atomic mass is 9.70. The summed E-state index contributed by atoms with van der Waals surface area (Å²) in [5.41, 5.74) is 16.1. The molecule has 13 rings (SSSR count). The van der Waals surface area contributed by atoms with Crippen LogP contribution < -0.4 is 4.90 Å². The molecule has 0 amide bonds. The van der Waals surface area contributed by atoms with Gasteiger partial charge in [-0.3, -0.25) is 0 Å². The van der Waals surface area contributed by atoms with E-state index in [4.69, 9.17) is 0 Å². The molecule has 0 bridgehead atoms. The Kier molecular flexibility index (Phi) is 6.75. The van der Waals surface area contributed by atoms with E-state index in [9.17, 15) is 0 Å². The summed E-state index contributed by atoms with van der Waals surface area (Å²) in [4.78, 5) is 2.57. The normalized spacial score (nSPS) is 13.3. The van der Waals surface area contributed by atoms with Crippen LogP contribution in [0.25, 0.3) is 73.7 Å². The minimum atomic E-state index is -0.489. The van der Waals surface area contributed by atoms with E-state index < -0.39 is 5.41 Å². The third-order valence-electron chi connectivity index (χ3n) is 12.7. The SMILES string of the molecule is c1ccc2c(c1)-c1ccccc1C21c2ccccc2-c2cccc(N(c3ccc(-c4ccc5sc6ccccc6c5c4)cc3)c3cccc4sc5ccccc5c34)c21. The van der Waals surface area contributed by atoms with Crippen molar-refractivity contribution in [2.75, 3.05) is 4.90 Å². The maximum atomic E-state index is 2.57. The van der Waals surface area contributed by atoms with E-state index in [1.807, 2.05) is 22.7 Å². The highest BCUT2D eigenvalue weighted by Crippen LogP contribution is 2.65. The van der Waals surface area contributed by atoms with Crippen LogP contribution in [-0.2, 0) is 5.41 Å². The summed E-state index contributed by atoms with van der Waals surface area (Å²) in [6.07, 6.45) is 0. The van der Waals surface area contributed by atoms with Crippen LogP contribution in [0.15, 0.2) is 200 Å². The van der Waals surface area contributed by atoms with E-state index >= 15 is 0 Å². The Balaban J connectivity index is 1.09. The van der Waals surface area contributed by atoms with Crippen molar-refractivity contribution in [2.45, 2.75) is 5.41 Å². The quantitative estimate of drug-likeness (QED) is 0.172. The molecular formula is C55H33NS2. The fraction of sp³-hybridized carbons (Fsp3) is 0.0182. The molecule has 270 valence electrons. The molecule has 2 aromatic heterocycles. The molecule has 0 saturated carbocycles. The van der Waals surface area contributed by atoms with Crippen LogP contribution in [-0.4, -0.2) is 0 Å². The number of benzene rings is 9. The predicted molar refractivity (Wildman–Crippen MR) is 249 cm³/mol. The van der Waals surface area contributed by atoms with E-state index in [1.54, 1.807) is 0 Å². The maximum Gasteiger partial charge on any atom is 0.0746 e. The molecule has 0 atom stereocenters. The van der Waals surface area contributed by atoms with Crippen LogP contribution in [0.2, 0.25) is 0 Å². The van der Waals surface area contributed by atoms with Gasteiger partial charge < -0.3 is 4.90 Å². The van der Waals surface area contributed by atoms with E-state index in [2.05, 4.69) is 205 Å². The number of rotatable bonds is 4. The minimum Gasteiger partial charge on any atom is -0.309 e. The van der Waals surface area contributed by atoms with Crippen LogP contribution in [0.5, 0.6) is 0 Å². The topological polar surface area (TPSA) is 3.24 Å². The standard InChI is InChI=1S/C55H33NS2/c1-6-19-44-37(13-1)38-14-2-7-20-45(38)55(44)46-21-8-3-15-39(46)41-18-11-23-48(54(41)55)56(47-22-12-26-52-53(47)42-17-5-10-25-50(42)58-52)36-30-27-34(28-31-36)35-29-32-51-43(33-35)40-16-4-9-24-49(40)57-51/h1-33H. The molecule has 0 saturated heterocycles. The van der Waals surface area contributed by atoms with E-state index in [0.29, 0.717) is 0 Å². The van der Waals surface area contributed by atoms with Gasteiger partial charge in [-0.15, -0.1) is 22.7 Å². The first-order chi connectivity index (χ1) is 28.8. The van der Waals surface area contributed by atoms with Crippen molar-refractivity contribution in [1.82, 2.24) is 0 Å². The van der Waals surface area contributed by atoms with Gasteiger partial charge >= 0.3 is 0 Å². The summed E-state index contributed by atoms with van der Waals surface area (Å²) >= 11 is 3.74. The summed E-state index contributed by atoms with van der Waals surface area (Å²) in [7, 11) is 0. The molecule has 58 heavy (non-hydrogen) atoms. The molecule has 1 spiro atoms. The maximum absolute atomic E-state index is 2.57. The van der Waals surface area contributed by atoms with Gasteiger partial charge in [-0.1, -0.05) is 146 Å². The third-order valence-corrected chi connectivity index (χ3v) is 15.0. The van der Waals surface area contributed by atoms with Gasteiger partial charge in [0.15, 0.2) is 0 Å². The number of nitrogens with zero attached hydrogens (tertiary/aromatic N) is 1. The lowest BCUT2D eigenvalue weighted by Crippen LogP contribution is -2.28. The van der Waals surface area contributed by atoms with Crippen molar-refractivity contribution in [2.24, 2.45) is 0 Å². The molecule has 2 aliphatic rings. The zero-order valence-corrected chi connectivity index (χ0v) is 32.9. The molecule has 0 unspecified atom stereocenters. The van der Waals surface area contributed by atoms with Gasteiger partial charge in [-0.2, -0.15) is 0 Å². The Morgan fingerprint density at radius 2 is 0.845 bits per heavy atom. The van der Waals surface area contributed by atoms with Crippen molar-refractivity contribution in [3.63, 3.8) is 0 Å². The molecule has 0 N–H and O–H groups in total. The Bertz CT molecular complexity index is 3410. The van der Waals surface area contributed by atoms with E-state index in [0.717, 1.165) is 5.69 Å². The third kappa shape index (κ3) is 4.30. The van der Waals surface area contributed by atoms with Crippen LogP contribution in [0, 0.1) is 0 Å². The van der Waals surface area contributed by atoms with Gasteiger partial charge in [0.05, 0.1) is 16.8 Å². The lowest BCUT2D eigenvalue weighted by Gasteiger charge is -2.36. The Labute approximate surface area is 344 Å². The van der Waals surface area contributed by atoms with E-state index in [1.165, 1.54) is 107 Å². The number of hydrogen-bond donors (Lipinski definition) is 0. The minimum absolute atomic E-state index is 0.489. The summed E-state index contributed by atoms with van der Waals surface area (Å²) in [5.74, 6) is 0. The van der Waals surface area contributed by atoms with Crippen molar-refractivity contribution in [3.8, 4) is 33.4 Å². The van der Waals surface area contributed by atoms with Crippen LogP contribution in [0.4, 0.5) is 17.1 Å². The zero-order valence-electron chi connectivity index (χ0n) is 31.3. The zero-order chi connectivity index (χ0) is 38.0. The first kappa shape index (κ1) is 32.3. The van der Waals surface area contributed by atoms with Crippen molar-refractivity contribution < 1.29 is 0 Å². The van der Waals surface area contributed by atoms with Gasteiger partial charge in [0, 0.05) is 51.6 Å². The highest BCUT2D eigenvalue weighted by Gasteiger charge is 2.53. The highest BCUT2D eigenvalue weighted by molar-refractivity contribution is 7.26. The molecule has 0 aliphatic heterocycles. The Morgan fingerprint density at radius 1 is 0.345 bits per heavy atom. The van der Waals surface area contributed by atoms with Gasteiger partial charge in [0.25, 0.3) is 0 Å². The summed E-state index contributed by atoms with van der Waals surface area (Å²) in [6, 6.07) is 75.1. The largest absolute Gasteiger partial charge is 0.309 e. The summed E-state index contributed by atoms with van der Waals surface area (Å²) in [5, 5.41) is 5.22. The van der Waals surface area contributed by atoms with Crippen molar-refractivity contribution in [3.05, 3.63) is 222 Å². The molecule has 2 heterocycles. The first-order valence-electron chi connectivity index (χ1n) is 19.9. The van der Waals surface area contributed by atoms with Crippen LogP contribution >= 0.6 is 22.7 Å². The van der Waals surface area contributed by atoms with Gasteiger partial charge in [0.2, 0.25) is 0 Å². The predicted octanol–water partition coefficient (Wildman–Crippen LogP) is 15.9.